The van der Waals surface area contributed by atoms with E-state index in [1.165, 1.54) is 47.3 Å². The van der Waals surface area contributed by atoms with E-state index in [4.69, 9.17) is 5.11 Å². The van der Waals surface area contributed by atoms with Crippen LogP contribution in [0.15, 0.2) is 72.9 Å². The number of rotatable bonds is 12. The topological polar surface area (TPSA) is 93.5 Å². The van der Waals surface area contributed by atoms with Crippen LogP contribution in [0.2, 0.25) is 0 Å². The van der Waals surface area contributed by atoms with Gasteiger partial charge in [0.2, 0.25) is 0 Å². The third-order valence-corrected chi connectivity index (χ3v) is 6.41. The predicted octanol–water partition coefficient (Wildman–Crippen LogP) is 6.78. The standard InChI is InChI=1S/C29H25F6N3O4/c30-26(31)27(32)42-22-8-5-17(6-9-22)20-7-10-23-21(15-20)16-37-38(23)24(11-13-29(33,34)35)18-1-3-19(4-2-18)28(41)36-14-12-25(39)40/h1-10,15-16,24,26-27H,11-14H2,(H,36,41)(H,39,40). The third kappa shape index (κ3) is 7.80. The van der Waals surface area contributed by atoms with Crippen molar-refractivity contribution < 1.29 is 45.8 Å². The first-order valence-corrected chi connectivity index (χ1v) is 12.7. The number of aliphatic carboxylic acids is 1. The molecule has 4 aromatic rings. The molecule has 0 aliphatic carbocycles. The molecule has 0 spiro atoms. The Kier molecular flexibility index (Phi) is 9.38. The molecule has 1 amide bonds. The Morgan fingerprint density at radius 1 is 0.952 bits per heavy atom. The summed E-state index contributed by atoms with van der Waals surface area (Å²) in [4.78, 5) is 22.9. The number of carbonyl (C=O) groups is 2. The molecule has 4 rings (SSSR count). The highest BCUT2D eigenvalue weighted by atomic mass is 19.4. The van der Waals surface area contributed by atoms with E-state index < -0.39 is 43.3 Å². The first kappa shape index (κ1) is 30.4. The second-order valence-corrected chi connectivity index (χ2v) is 9.38. The van der Waals surface area contributed by atoms with Crippen LogP contribution >= 0.6 is 0 Å². The van der Waals surface area contributed by atoms with Crippen LogP contribution in [0.5, 0.6) is 5.75 Å². The summed E-state index contributed by atoms with van der Waals surface area (Å²) in [5.74, 6) is -1.65. The Balaban J connectivity index is 1.58. The van der Waals surface area contributed by atoms with Gasteiger partial charge in [-0.2, -0.15) is 22.7 Å². The van der Waals surface area contributed by atoms with Gasteiger partial charge in [0.25, 0.3) is 12.3 Å². The Labute approximate surface area is 235 Å². The molecule has 0 fully saturated rings. The number of amides is 1. The number of hydrogen-bond acceptors (Lipinski definition) is 4. The fraction of sp³-hybridized carbons (Fsp3) is 0.276. The lowest BCUT2D eigenvalue weighted by atomic mass is 9.99. The zero-order chi connectivity index (χ0) is 30.4. The second-order valence-electron chi connectivity index (χ2n) is 9.38. The number of nitrogens with one attached hydrogen (secondary N) is 1. The SMILES string of the molecule is O=C(O)CCNC(=O)c1ccc(C(CCC(F)(F)F)n2ncc3cc(-c4ccc(OC(F)C(F)F)cc4)ccc32)cc1. The van der Waals surface area contributed by atoms with Crippen LogP contribution in [-0.2, 0) is 4.79 Å². The maximum Gasteiger partial charge on any atom is 0.389 e. The molecule has 7 nitrogen and oxygen atoms in total. The molecule has 0 bridgehead atoms. The molecule has 42 heavy (non-hydrogen) atoms. The number of ether oxygens (including phenoxy) is 1. The minimum Gasteiger partial charge on any atom is -0.481 e. The van der Waals surface area contributed by atoms with Crippen molar-refractivity contribution in [3.05, 3.63) is 84.1 Å². The number of carboxylic acid groups (broad SMARTS) is 1. The van der Waals surface area contributed by atoms with E-state index in [9.17, 15) is 35.9 Å². The van der Waals surface area contributed by atoms with Crippen LogP contribution < -0.4 is 10.1 Å². The molecule has 3 aromatic carbocycles. The van der Waals surface area contributed by atoms with Crippen molar-refractivity contribution in [1.29, 1.82) is 0 Å². The van der Waals surface area contributed by atoms with Gasteiger partial charge in [-0.05, 0) is 59.5 Å². The molecule has 1 heterocycles. The van der Waals surface area contributed by atoms with Gasteiger partial charge in [-0.25, -0.2) is 8.78 Å². The summed E-state index contributed by atoms with van der Waals surface area (Å²) >= 11 is 0. The number of carbonyl (C=O) groups excluding carboxylic acids is 1. The number of carboxylic acids is 1. The summed E-state index contributed by atoms with van der Waals surface area (Å²) in [5.41, 5.74) is 2.63. The summed E-state index contributed by atoms with van der Waals surface area (Å²) < 4.78 is 83.6. The van der Waals surface area contributed by atoms with Crippen LogP contribution in [0.25, 0.3) is 22.0 Å². The zero-order valence-electron chi connectivity index (χ0n) is 21.8. The van der Waals surface area contributed by atoms with E-state index in [2.05, 4.69) is 15.2 Å². The molecule has 2 unspecified atom stereocenters. The lowest BCUT2D eigenvalue weighted by Gasteiger charge is -2.20. The van der Waals surface area contributed by atoms with Crippen molar-refractivity contribution in [1.82, 2.24) is 15.1 Å². The summed E-state index contributed by atoms with van der Waals surface area (Å²) in [6.07, 6.45) is -10.6. The van der Waals surface area contributed by atoms with Gasteiger partial charge in [0.15, 0.2) is 0 Å². The van der Waals surface area contributed by atoms with Crippen molar-refractivity contribution in [3.63, 3.8) is 0 Å². The van der Waals surface area contributed by atoms with Crippen molar-refractivity contribution in [2.45, 2.75) is 44.3 Å². The van der Waals surface area contributed by atoms with Crippen LogP contribution in [-0.4, -0.2) is 52.3 Å². The summed E-state index contributed by atoms with van der Waals surface area (Å²) in [6, 6.07) is 16.2. The molecule has 13 heteroatoms. The summed E-state index contributed by atoms with van der Waals surface area (Å²) in [5, 5.41) is 16.2. The van der Waals surface area contributed by atoms with Crippen LogP contribution in [0, 0.1) is 0 Å². The predicted molar refractivity (Wildman–Crippen MR) is 141 cm³/mol. The monoisotopic (exact) mass is 593 g/mol. The van der Waals surface area contributed by atoms with Gasteiger partial charge in [0.1, 0.15) is 5.75 Å². The van der Waals surface area contributed by atoms with E-state index in [0.29, 0.717) is 27.6 Å². The number of hydrogen-bond donors (Lipinski definition) is 2. The first-order chi connectivity index (χ1) is 19.9. The van der Waals surface area contributed by atoms with Crippen molar-refractivity contribution >= 4 is 22.8 Å². The first-order valence-electron chi connectivity index (χ1n) is 12.7. The van der Waals surface area contributed by atoms with Crippen molar-refractivity contribution in [2.75, 3.05) is 6.54 Å². The van der Waals surface area contributed by atoms with Crippen molar-refractivity contribution in [3.8, 4) is 16.9 Å². The molecule has 0 aliphatic rings. The van der Waals surface area contributed by atoms with Gasteiger partial charge in [-0.1, -0.05) is 30.3 Å². The number of alkyl halides is 6. The number of fused-ring (bicyclic) bond motifs is 1. The molecule has 0 saturated heterocycles. The average Bonchev–Trinajstić information content (AvgIpc) is 3.36. The van der Waals surface area contributed by atoms with Gasteiger partial charge < -0.3 is 15.2 Å². The molecule has 2 N–H and O–H groups in total. The fourth-order valence-electron chi connectivity index (χ4n) is 4.36. The van der Waals surface area contributed by atoms with E-state index in [0.717, 1.165) is 0 Å². The minimum atomic E-state index is -4.41. The Hall–Kier alpha value is -4.55. The normalized spacial score (nSPS) is 13.2. The Morgan fingerprint density at radius 2 is 1.62 bits per heavy atom. The van der Waals surface area contributed by atoms with Gasteiger partial charge in [0, 0.05) is 23.9 Å². The summed E-state index contributed by atoms with van der Waals surface area (Å²) in [6.45, 7) is -0.0693. The maximum atomic E-state index is 13.2. The Bertz CT molecular complexity index is 1520. The number of halogens is 6. The van der Waals surface area contributed by atoms with Crippen LogP contribution in [0.1, 0.15) is 41.2 Å². The molecule has 0 aliphatic heterocycles. The number of benzene rings is 3. The van der Waals surface area contributed by atoms with E-state index >= 15 is 0 Å². The minimum absolute atomic E-state index is 0.0693. The van der Waals surface area contributed by atoms with E-state index in [1.807, 2.05) is 0 Å². The lowest BCUT2D eigenvalue weighted by Crippen LogP contribution is -2.26. The molecular weight excluding hydrogens is 568 g/mol. The number of aromatic nitrogens is 2. The highest BCUT2D eigenvalue weighted by molar-refractivity contribution is 5.94. The molecule has 1 aromatic heterocycles. The average molecular weight is 594 g/mol. The van der Waals surface area contributed by atoms with E-state index in [-0.39, 0.29) is 30.7 Å². The Morgan fingerprint density at radius 3 is 2.24 bits per heavy atom. The highest BCUT2D eigenvalue weighted by Crippen LogP contribution is 2.34. The lowest BCUT2D eigenvalue weighted by molar-refractivity contribution is -0.137. The fourth-order valence-corrected chi connectivity index (χ4v) is 4.36. The molecule has 2 atom stereocenters. The largest absolute Gasteiger partial charge is 0.481 e. The second kappa shape index (κ2) is 13.0. The van der Waals surface area contributed by atoms with Crippen LogP contribution in [0.4, 0.5) is 26.3 Å². The quantitative estimate of drug-likeness (QED) is 0.177. The van der Waals surface area contributed by atoms with Gasteiger partial charge in [-0.15, -0.1) is 0 Å². The summed E-state index contributed by atoms with van der Waals surface area (Å²) in [7, 11) is 0. The van der Waals surface area contributed by atoms with Crippen LogP contribution in [0.3, 0.4) is 0 Å². The zero-order valence-corrected chi connectivity index (χ0v) is 21.8. The van der Waals surface area contributed by atoms with Gasteiger partial charge >= 0.3 is 18.6 Å². The molecule has 222 valence electrons. The molecular formula is C29H25F6N3O4. The third-order valence-electron chi connectivity index (χ3n) is 6.41. The van der Waals surface area contributed by atoms with Crippen molar-refractivity contribution in [2.24, 2.45) is 0 Å². The number of nitrogens with zero attached hydrogens (tertiary/aromatic N) is 2. The maximum absolute atomic E-state index is 13.2. The molecule has 0 saturated carbocycles. The molecule has 0 radical (unpaired) electrons. The smallest absolute Gasteiger partial charge is 0.389 e. The highest BCUT2D eigenvalue weighted by Gasteiger charge is 2.30. The van der Waals surface area contributed by atoms with Gasteiger partial charge in [-0.3, -0.25) is 14.3 Å². The van der Waals surface area contributed by atoms with E-state index in [1.54, 1.807) is 30.3 Å². The van der Waals surface area contributed by atoms with Gasteiger partial charge in [0.05, 0.1) is 24.2 Å².